The van der Waals surface area contributed by atoms with Crippen molar-refractivity contribution in [3.05, 3.63) is 63.2 Å². The number of imidazole rings is 1. The normalized spacial score (nSPS) is 16.6. The summed E-state index contributed by atoms with van der Waals surface area (Å²) in [5, 5.41) is 0. The maximum absolute atomic E-state index is 13.3. The lowest BCUT2D eigenvalue weighted by Crippen LogP contribution is -2.32. The van der Waals surface area contributed by atoms with Crippen LogP contribution in [-0.2, 0) is 11.3 Å². The number of rotatable bonds is 4. The number of amides is 1. The Labute approximate surface area is 160 Å². The van der Waals surface area contributed by atoms with Crippen LogP contribution >= 0.6 is 0 Å². The van der Waals surface area contributed by atoms with Gasteiger partial charge in [-0.15, -0.1) is 0 Å². The first kappa shape index (κ1) is 18.4. The molecule has 1 atom stereocenters. The zero-order valence-electron chi connectivity index (χ0n) is 15.6. The zero-order chi connectivity index (χ0) is 19.8. The molecule has 0 spiro atoms. The van der Waals surface area contributed by atoms with Crippen LogP contribution in [0.5, 0.6) is 0 Å². The maximum Gasteiger partial charge on any atom is 0.349 e. The topological polar surface area (TPSA) is 88.4 Å². The molecule has 1 unspecified atom stereocenters. The van der Waals surface area contributed by atoms with Gasteiger partial charge in [-0.1, -0.05) is 0 Å². The predicted molar refractivity (Wildman–Crippen MR) is 99.7 cm³/mol. The lowest BCUT2D eigenvalue weighted by molar-refractivity contribution is 0.0776. The van der Waals surface area contributed by atoms with Gasteiger partial charge in [0.05, 0.1) is 24.2 Å². The molecule has 1 saturated heterocycles. The molecule has 4 rings (SSSR count). The van der Waals surface area contributed by atoms with E-state index in [1.54, 1.807) is 26.1 Å². The molecule has 0 saturated carbocycles. The Bertz CT molecular complexity index is 1100. The molecule has 28 heavy (non-hydrogen) atoms. The highest BCUT2D eigenvalue weighted by Gasteiger charge is 2.25. The van der Waals surface area contributed by atoms with Gasteiger partial charge < -0.3 is 19.0 Å². The van der Waals surface area contributed by atoms with E-state index >= 15 is 0 Å². The van der Waals surface area contributed by atoms with Gasteiger partial charge in [-0.3, -0.25) is 4.79 Å². The summed E-state index contributed by atoms with van der Waals surface area (Å²) in [6.07, 6.45) is 0.794. The lowest BCUT2D eigenvalue weighted by Gasteiger charge is -2.17. The Balaban J connectivity index is 1.56. The van der Waals surface area contributed by atoms with E-state index in [0.717, 1.165) is 6.42 Å². The van der Waals surface area contributed by atoms with Crippen molar-refractivity contribution in [2.75, 3.05) is 20.3 Å². The van der Waals surface area contributed by atoms with Crippen molar-refractivity contribution in [1.29, 1.82) is 0 Å². The fourth-order valence-corrected chi connectivity index (χ4v) is 3.45. The van der Waals surface area contributed by atoms with Gasteiger partial charge >= 0.3 is 5.63 Å². The highest BCUT2D eigenvalue weighted by atomic mass is 19.1. The number of carbonyl (C=O) groups is 1. The van der Waals surface area contributed by atoms with Crippen LogP contribution < -0.4 is 5.63 Å². The second-order valence-electron chi connectivity index (χ2n) is 7.06. The molecule has 8 heteroatoms. The first-order valence-corrected chi connectivity index (χ1v) is 9.04. The quantitative estimate of drug-likeness (QED) is 0.746. The van der Waals surface area contributed by atoms with Crippen molar-refractivity contribution >= 4 is 16.9 Å². The number of ether oxygens (including phenoxy) is 1. The molecule has 0 radical (unpaired) electrons. The molecule has 0 bridgehead atoms. The molecule has 1 N–H and O–H groups in total. The Kier molecular flexibility index (Phi) is 4.72. The number of aryl methyl sites for hydroxylation is 1. The highest BCUT2D eigenvalue weighted by Crippen LogP contribution is 2.25. The fourth-order valence-electron chi connectivity index (χ4n) is 3.45. The van der Waals surface area contributed by atoms with E-state index in [1.165, 1.54) is 17.0 Å². The van der Waals surface area contributed by atoms with E-state index < -0.39 is 11.5 Å². The molecule has 3 aromatic rings. The van der Waals surface area contributed by atoms with Crippen molar-refractivity contribution in [3.8, 4) is 0 Å². The van der Waals surface area contributed by atoms with E-state index in [9.17, 15) is 14.0 Å². The smallest absolute Gasteiger partial charge is 0.349 e. The number of benzene rings is 1. The first-order valence-electron chi connectivity index (χ1n) is 9.04. The number of aromatic amines is 1. The number of hydrogen-bond acceptors (Lipinski definition) is 5. The van der Waals surface area contributed by atoms with Gasteiger partial charge in [0.25, 0.3) is 5.91 Å². The number of hydrogen-bond donors (Lipinski definition) is 1. The summed E-state index contributed by atoms with van der Waals surface area (Å²) in [5.41, 5.74) is 1.09. The molecule has 1 aliphatic heterocycles. The summed E-state index contributed by atoms with van der Waals surface area (Å²) in [7, 11) is 1.58. The van der Waals surface area contributed by atoms with Crippen LogP contribution in [0.1, 0.15) is 39.8 Å². The third-order valence-electron chi connectivity index (χ3n) is 4.94. The second-order valence-corrected chi connectivity index (χ2v) is 7.06. The molecule has 2 aromatic heterocycles. The monoisotopic (exact) mass is 385 g/mol. The maximum atomic E-state index is 13.3. The Morgan fingerprint density at radius 3 is 2.93 bits per heavy atom. The fraction of sp³-hybridized carbons (Fsp3) is 0.350. The minimum Gasteiger partial charge on any atom is -0.427 e. The van der Waals surface area contributed by atoms with Gasteiger partial charge in [0, 0.05) is 19.6 Å². The van der Waals surface area contributed by atoms with E-state index in [1.807, 2.05) is 0 Å². The van der Waals surface area contributed by atoms with E-state index in [-0.39, 0.29) is 23.8 Å². The molecule has 1 aromatic carbocycles. The zero-order valence-corrected chi connectivity index (χ0v) is 15.6. The second kappa shape index (κ2) is 7.20. The minimum absolute atomic E-state index is 0.00678. The van der Waals surface area contributed by atoms with Gasteiger partial charge in [0.15, 0.2) is 0 Å². The van der Waals surface area contributed by atoms with Crippen LogP contribution in [-0.4, -0.2) is 41.0 Å². The predicted octanol–water partition coefficient (Wildman–Crippen LogP) is 2.74. The van der Waals surface area contributed by atoms with Crippen molar-refractivity contribution in [2.24, 2.45) is 0 Å². The SMILES string of the molecule is Cc1cc(C2CCOC2)oc(=O)c1C(=O)N(C)Cc1nc2ccc(F)cc2[nH]1. The Morgan fingerprint density at radius 1 is 1.39 bits per heavy atom. The average Bonchev–Trinajstić information content (AvgIpc) is 3.29. The summed E-state index contributed by atoms with van der Waals surface area (Å²) in [6.45, 7) is 3.02. The van der Waals surface area contributed by atoms with Crippen molar-refractivity contribution in [3.63, 3.8) is 0 Å². The van der Waals surface area contributed by atoms with Crippen molar-refractivity contribution < 1.29 is 18.3 Å². The van der Waals surface area contributed by atoms with E-state index in [2.05, 4.69) is 9.97 Å². The number of H-pyrrole nitrogens is 1. The van der Waals surface area contributed by atoms with E-state index in [4.69, 9.17) is 9.15 Å². The largest absolute Gasteiger partial charge is 0.427 e. The van der Waals surface area contributed by atoms with E-state index in [0.29, 0.717) is 41.4 Å². The molecule has 3 heterocycles. The van der Waals surface area contributed by atoms with Crippen LogP contribution in [0.2, 0.25) is 0 Å². The summed E-state index contributed by atoms with van der Waals surface area (Å²) in [4.78, 5) is 34.0. The molecule has 1 amide bonds. The minimum atomic E-state index is -0.648. The first-order chi connectivity index (χ1) is 13.4. The number of aromatic nitrogens is 2. The number of carbonyl (C=O) groups excluding carboxylic acids is 1. The van der Waals surface area contributed by atoms with Crippen LogP contribution in [0.3, 0.4) is 0 Å². The Morgan fingerprint density at radius 2 is 2.21 bits per heavy atom. The summed E-state index contributed by atoms with van der Waals surface area (Å²) >= 11 is 0. The third-order valence-corrected chi connectivity index (χ3v) is 4.94. The summed E-state index contributed by atoms with van der Waals surface area (Å²) in [6, 6.07) is 5.98. The van der Waals surface area contributed by atoms with Gasteiger partial charge in [-0.05, 0) is 43.2 Å². The number of nitrogens with zero attached hydrogens (tertiary/aromatic N) is 2. The van der Waals surface area contributed by atoms with Gasteiger partial charge in [0.2, 0.25) is 0 Å². The lowest BCUT2D eigenvalue weighted by atomic mass is 10.0. The van der Waals surface area contributed by atoms with Crippen LogP contribution in [0.4, 0.5) is 4.39 Å². The van der Waals surface area contributed by atoms with Crippen molar-refractivity contribution in [2.45, 2.75) is 25.8 Å². The number of nitrogens with one attached hydrogen (secondary N) is 1. The van der Waals surface area contributed by atoms with Gasteiger partial charge in [0.1, 0.15) is 23.0 Å². The summed E-state index contributed by atoms with van der Waals surface area (Å²) < 4.78 is 24.1. The van der Waals surface area contributed by atoms with Crippen LogP contribution in [0.15, 0.2) is 33.5 Å². The Hall–Kier alpha value is -3.00. The molecular weight excluding hydrogens is 365 g/mol. The average molecular weight is 385 g/mol. The number of fused-ring (bicyclic) bond motifs is 1. The standard InChI is InChI=1S/C20H20FN3O4/c1-11-7-16(12-5-6-27-10-12)28-20(26)18(11)19(25)24(2)9-17-22-14-4-3-13(21)8-15(14)23-17/h3-4,7-8,12H,5-6,9-10H2,1-2H3,(H,22,23). The van der Waals surface area contributed by atoms with Gasteiger partial charge in [-0.2, -0.15) is 0 Å². The summed E-state index contributed by atoms with van der Waals surface area (Å²) in [5.74, 6) is 0.279. The molecule has 146 valence electrons. The molecule has 0 aliphatic carbocycles. The van der Waals surface area contributed by atoms with Crippen molar-refractivity contribution in [1.82, 2.24) is 14.9 Å². The molecule has 1 aliphatic rings. The highest BCUT2D eigenvalue weighted by molar-refractivity contribution is 5.95. The van der Waals surface area contributed by atoms with Crippen LogP contribution in [0.25, 0.3) is 11.0 Å². The van der Waals surface area contributed by atoms with Gasteiger partial charge in [-0.25, -0.2) is 14.2 Å². The number of halogens is 1. The molecular formula is C20H20FN3O4. The third kappa shape index (κ3) is 3.43. The molecule has 7 nitrogen and oxygen atoms in total. The van der Waals surface area contributed by atoms with Crippen LogP contribution in [0, 0.1) is 12.7 Å². The molecule has 1 fully saturated rings.